The van der Waals surface area contributed by atoms with Crippen LogP contribution in [0.2, 0.25) is 0 Å². The van der Waals surface area contributed by atoms with E-state index in [2.05, 4.69) is 9.47 Å². The number of esters is 4. The SMILES string of the molecule is COc1ccc(C(=O)OC(=O)C(=O)OC(=O)c2ccc(OC)cc2)cc1. The van der Waals surface area contributed by atoms with Gasteiger partial charge in [-0.15, -0.1) is 0 Å². The summed E-state index contributed by atoms with van der Waals surface area (Å²) in [5.74, 6) is -4.34. The molecule has 0 aliphatic carbocycles. The van der Waals surface area contributed by atoms with Crippen molar-refractivity contribution in [2.75, 3.05) is 14.2 Å². The summed E-state index contributed by atoms with van der Waals surface area (Å²) in [4.78, 5) is 46.8. The number of hydrogen-bond donors (Lipinski definition) is 0. The van der Waals surface area contributed by atoms with Gasteiger partial charge in [-0.25, -0.2) is 19.2 Å². The van der Waals surface area contributed by atoms with E-state index in [0.717, 1.165) is 0 Å². The van der Waals surface area contributed by atoms with Crippen LogP contribution in [0.15, 0.2) is 48.5 Å². The molecule has 0 bridgehead atoms. The maximum absolute atomic E-state index is 11.8. The molecule has 2 aromatic carbocycles. The fraction of sp³-hybridized carbons (Fsp3) is 0.111. The van der Waals surface area contributed by atoms with Gasteiger partial charge in [0.1, 0.15) is 11.5 Å². The van der Waals surface area contributed by atoms with Crippen molar-refractivity contribution in [2.45, 2.75) is 0 Å². The standard InChI is InChI=1S/C18H14O8/c1-23-13-7-3-11(4-8-13)15(19)25-17(21)18(22)26-16(20)12-5-9-14(24-2)10-6-12/h3-10H,1-2H3. The Morgan fingerprint density at radius 1 is 0.577 bits per heavy atom. The Morgan fingerprint density at radius 3 is 1.15 bits per heavy atom. The molecule has 8 heteroatoms. The van der Waals surface area contributed by atoms with Crippen molar-refractivity contribution in [3.05, 3.63) is 59.7 Å². The average Bonchev–Trinajstić information content (AvgIpc) is 2.67. The lowest BCUT2D eigenvalue weighted by atomic mass is 10.2. The molecule has 0 radical (unpaired) electrons. The summed E-state index contributed by atoms with van der Waals surface area (Å²) in [5.41, 5.74) is 0.0434. The third-order valence-corrected chi connectivity index (χ3v) is 3.19. The molecular weight excluding hydrogens is 344 g/mol. The summed E-state index contributed by atoms with van der Waals surface area (Å²) in [6.07, 6.45) is 0. The highest BCUT2D eigenvalue weighted by atomic mass is 16.6. The lowest BCUT2D eigenvalue weighted by Crippen LogP contribution is -2.26. The molecule has 26 heavy (non-hydrogen) atoms. The largest absolute Gasteiger partial charge is 0.497 e. The van der Waals surface area contributed by atoms with Crippen LogP contribution in [0, 0.1) is 0 Å². The highest BCUT2D eigenvalue weighted by Crippen LogP contribution is 2.13. The molecule has 2 aromatic rings. The molecule has 0 unspecified atom stereocenters. The van der Waals surface area contributed by atoms with E-state index >= 15 is 0 Å². The van der Waals surface area contributed by atoms with E-state index in [1.807, 2.05) is 0 Å². The van der Waals surface area contributed by atoms with Crippen molar-refractivity contribution >= 4 is 23.9 Å². The van der Waals surface area contributed by atoms with Crippen LogP contribution in [0.1, 0.15) is 20.7 Å². The maximum atomic E-state index is 11.8. The first-order valence-electron chi connectivity index (χ1n) is 7.25. The van der Waals surface area contributed by atoms with E-state index in [0.29, 0.717) is 11.5 Å². The molecule has 0 saturated carbocycles. The summed E-state index contributed by atoms with van der Waals surface area (Å²) >= 11 is 0. The normalized spacial score (nSPS) is 9.77. The van der Waals surface area contributed by atoms with Gasteiger partial charge in [-0.05, 0) is 48.5 Å². The van der Waals surface area contributed by atoms with Crippen molar-refractivity contribution in [3.63, 3.8) is 0 Å². The van der Waals surface area contributed by atoms with Gasteiger partial charge in [0.2, 0.25) is 0 Å². The van der Waals surface area contributed by atoms with Gasteiger partial charge in [0.05, 0.1) is 25.3 Å². The second-order valence-electron chi connectivity index (χ2n) is 4.81. The Labute approximate surface area is 148 Å². The fourth-order valence-electron chi connectivity index (χ4n) is 1.82. The van der Waals surface area contributed by atoms with Crippen LogP contribution in [-0.2, 0) is 19.1 Å². The van der Waals surface area contributed by atoms with Crippen molar-refractivity contribution in [2.24, 2.45) is 0 Å². The molecule has 2 rings (SSSR count). The third kappa shape index (κ3) is 4.67. The monoisotopic (exact) mass is 358 g/mol. The van der Waals surface area contributed by atoms with Gasteiger partial charge in [-0.1, -0.05) is 0 Å². The Hall–Kier alpha value is -3.68. The van der Waals surface area contributed by atoms with Crippen LogP contribution in [0.3, 0.4) is 0 Å². The number of hydrogen-bond acceptors (Lipinski definition) is 8. The maximum Gasteiger partial charge on any atom is 0.425 e. The predicted molar refractivity (Wildman–Crippen MR) is 86.8 cm³/mol. The first-order valence-corrected chi connectivity index (χ1v) is 7.25. The van der Waals surface area contributed by atoms with Gasteiger partial charge < -0.3 is 18.9 Å². The Balaban J connectivity index is 1.94. The third-order valence-electron chi connectivity index (χ3n) is 3.19. The van der Waals surface area contributed by atoms with Crippen LogP contribution >= 0.6 is 0 Å². The molecule has 0 aliphatic heterocycles. The number of ether oxygens (including phenoxy) is 4. The second kappa shape index (κ2) is 8.43. The van der Waals surface area contributed by atoms with E-state index in [1.54, 1.807) is 0 Å². The summed E-state index contributed by atoms with van der Waals surface area (Å²) in [6, 6.07) is 11.3. The number of benzene rings is 2. The van der Waals surface area contributed by atoms with E-state index in [1.165, 1.54) is 62.8 Å². The van der Waals surface area contributed by atoms with Gasteiger partial charge in [0, 0.05) is 0 Å². The van der Waals surface area contributed by atoms with Gasteiger partial charge >= 0.3 is 23.9 Å². The Kier molecular flexibility index (Phi) is 6.05. The smallest absolute Gasteiger partial charge is 0.425 e. The minimum absolute atomic E-state index is 0.0217. The van der Waals surface area contributed by atoms with E-state index < -0.39 is 23.9 Å². The highest BCUT2D eigenvalue weighted by Gasteiger charge is 2.25. The summed E-state index contributed by atoms with van der Waals surface area (Å²) in [6.45, 7) is 0. The zero-order chi connectivity index (χ0) is 19.1. The minimum Gasteiger partial charge on any atom is -0.497 e. The topological polar surface area (TPSA) is 105 Å². The Bertz CT molecular complexity index is 750. The second-order valence-corrected chi connectivity index (χ2v) is 4.81. The van der Waals surface area contributed by atoms with E-state index in [-0.39, 0.29) is 11.1 Å². The number of carbonyl (C=O) groups excluding carboxylic acids is 4. The molecule has 0 fully saturated rings. The molecule has 134 valence electrons. The van der Waals surface area contributed by atoms with Crippen molar-refractivity contribution in [1.82, 2.24) is 0 Å². The van der Waals surface area contributed by atoms with Crippen LogP contribution < -0.4 is 9.47 Å². The van der Waals surface area contributed by atoms with Crippen molar-refractivity contribution in [1.29, 1.82) is 0 Å². The van der Waals surface area contributed by atoms with Crippen LogP contribution in [0.5, 0.6) is 11.5 Å². The quantitative estimate of drug-likeness (QED) is 0.463. The van der Waals surface area contributed by atoms with Crippen molar-refractivity contribution in [3.8, 4) is 11.5 Å². The van der Waals surface area contributed by atoms with Gasteiger partial charge in [0.25, 0.3) is 0 Å². The zero-order valence-electron chi connectivity index (χ0n) is 13.9. The van der Waals surface area contributed by atoms with E-state index in [4.69, 9.17) is 9.47 Å². The van der Waals surface area contributed by atoms with Crippen LogP contribution in [0.4, 0.5) is 0 Å². The first kappa shape index (κ1) is 18.7. The molecule has 0 saturated heterocycles. The lowest BCUT2D eigenvalue weighted by Gasteiger charge is -2.05. The predicted octanol–water partition coefficient (Wildman–Crippen LogP) is 1.77. The minimum atomic E-state index is -1.60. The fourth-order valence-corrected chi connectivity index (χ4v) is 1.82. The molecule has 0 spiro atoms. The molecular formula is C18H14O8. The molecule has 0 heterocycles. The van der Waals surface area contributed by atoms with E-state index in [9.17, 15) is 19.2 Å². The number of methoxy groups -OCH3 is 2. The summed E-state index contributed by atoms with van der Waals surface area (Å²) < 4.78 is 18.6. The zero-order valence-corrected chi connectivity index (χ0v) is 13.9. The molecule has 0 aliphatic rings. The Morgan fingerprint density at radius 2 is 0.885 bits per heavy atom. The first-order chi connectivity index (χ1) is 12.4. The summed E-state index contributed by atoms with van der Waals surface area (Å²) in [5, 5.41) is 0. The van der Waals surface area contributed by atoms with Gasteiger partial charge in [-0.2, -0.15) is 0 Å². The molecule has 0 aromatic heterocycles. The average molecular weight is 358 g/mol. The molecule has 0 N–H and O–H groups in total. The number of carbonyl (C=O) groups is 4. The molecule has 8 nitrogen and oxygen atoms in total. The van der Waals surface area contributed by atoms with Gasteiger partial charge in [0.15, 0.2) is 0 Å². The molecule has 0 amide bonds. The van der Waals surface area contributed by atoms with Crippen LogP contribution in [0.25, 0.3) is 0 Å². The highest BCUT2D eigenvalue weighted by molar-refractivity contribution is 6.34. The van der Waals surface area contributed by atoms with Crippen molar-refractivity contribution < 1.29 is 38.1 Å². The van der Waals surface area contributed by atoms with Crippen LogP contribution in [-0.4, -0.2) is 38.1 Å². The number of rotatable bonds is 4. The van der Waals surface area contributed by atoms with Gasteiger partial charge in [-0.3, -0.25) is 0 Å². The summed E-state index contributed by atoms with van der Waals surface area (Å²) in [7, 11) is 2.90. The molecule has 0 atom stereocenters. The lowest BCUT2D eigenvalue weighted by molar-refractivity contribution is -0.160.